The third-order valence-corrected chi connectivity index (χ3v) is 7.94. The fourth-order valence-corrected chi connectivity index (χ4v) is 5.47. The summed E-state index contributed by atoms with van der Waals surface area (Å²) >= 11 is 6.31. The Morgan fingerprint density at radius 2 is 1.45 bits per heavy atom. The highest BCUT2D eigenvalue weighted by Gasteiger charge is 2.28. The summed E-state index contributed by atoms with van der Waals surface area (Å²) < 4.78 is 34.9. The van der Waals surface area contributed by atoms with Crippen molar-refractivity contribution in [1.82, 2.24) is 4.57 Å². The van der Waals surface area contributed by atoms with Crippen LogP contribution < -0.4 is 35.0 Å². The van der Waals surface area contributed by atoms with E-state index in [1.807, 2.05) is 0 Å². The molecule has 1 heterocycles. The van der Waals surface area contributed by atoms with Crippen LogP contribution in [0.25, 0.3) is 27.6 Å². The number of methoxy groups -OCH3 is 5. The molecule has 0 saturated carbocycles. The van der Waals surface area contributed by atoms with E-state index in [4.69, 9.17) is 45.8 Å². The molecular formula is C34H31Cl2N3O10. The second-order valence-corrected chi connectivity index (χ2v) is 10.6. The first-order chi connectivity index (χ1) is 23.1. The predicted octanol–water partition coefficient (Wildman–Crippen LogP) is 6.62. The number of nitro groups is 1. The molecule has 49 heavy (non-hydrogen) atoms. The van der Waals surface area contributed by atoms with Gasteiger partial charge in [0, 0.05) is 45.0 Å². The largest absolute Gasteiger partial charge is 0.493 e. The molecule has 0 spiro atoms. The lowest BCUT2D eigenvalue weighted by molar-refractivity contribution is -0.384. The third kappa shape index (κ3) is 6.84. The second kappa shape index (κ2) is 15.0. The first-order valence-electron chi connectivity index (χ1n) is 14.2. The minimum atomic E-state index is -0.811. The Balaban J connectivity index is 0.00000541. The Morgan fingerprint density at radius 1 is 0.837 bits per heavy atom. The number of nitrogens with zero attached hydrogens (tertiary/aromatic N) is 2. The van der Waals surface area contributed by atoms with Crippen molar-refractivity contribution in [3.8, 4) is 45.6 Å². The molecule has 0 amide bonds. The van der Waals surface area contributed by atoms with Crippen LogP contribution in [0.1, 0.15) is 16.1 Å². The Labute approximate surface area is 291 Å². The molecule has 0 unspecified atom stereocenters. The summed E-state index contributed by atoms with van der Waals surface area (Å²) in [5.41, 5.74) is 6.88. The SMILES string of the molecule is COC(=O)c1c(-c2cc(OC)c(OC)c(OC)c2)c2cc(OC)c(OCc3cc([N+](=O)[O-])ccc3Cl)cc2c(=O)n1-c1ccc(N)cc1.Cl. The van der Waals surface area contributed by atoms with Gasteiger partial charge in [0.2, 0.25) is 5.75 Å². The van der Waals surface area contributed by atoms with Crippen molar-refractivity contribution in [2.24, 2.45) is 0 Å². The molecule has 0 radical (unpaired) electrons. The molecule has 2 N–H and O–H groups in total. The molecule has 0 saturated heterocycles. The van der Waals surface area contributed by atoms with E-state index < -0.39 is 16.5 Å². The molecule has 256 valence electrons. The molecule has 0 aliphatic carbocycles. The number of esters is 1. The van der Waals surface area contributed by atoms with E-state index in [9.17, 15) is 19.7 Å². The number of carbonyl (C=O) groups excluding carboxylic acids is 1. The fraction of sp³-hybridized carbons (Fsp3) is 0.176. The predicted molar refractivity (Wildman–Crippen MR) is 187 cm³/mol. The number of nitro benzene ring substituents is 1. The van der Waals surface area contributed by atoms with Crippen molar-refractivity contribution in [3.63, 3.8) is 0 Å². The molecule has 5 rings (SSSR count). The number of carbonyl (C=O) groups is 1. The van der Waals surface area contributed by atoms with E-state index in [0.717, 1.165) is 0 Å². The number of nitrogens with two attached hydrogens (primary N) is 1. The first-order valence-corrected chi connectivity index (χ1v) is 14.6. The number of ether oxygens (including phenoxy) is 6. The van der Waals surface area contributed by atoms with Crippen LogP contribution in [0.4, 0.5) is 11.4 Å². The van der Waals surface area contributed by atoms with Crippen LogP contribution in [0.3, 0.4) is 0 Å². The van der Waals surface area contributed by atoms with E-state index in [1.165, 1.54) is 64.4 Å². The van der Waals surface area contributed by atoms with Crippen LogP contribution in [0.15, 0.2) is 71.5 Å². The summed E-state index contributed by atoms with van der Waals surface area (Å²) in [6.07, 6.45) is 0. The first kappa shape index (κ1) is 36.2. The summed E-state index contributed by atoms with van der Waals surface area (Å²) in [4.78, 5) is 38.9. The number of non-ortho nitro benzene ring substituents is 1. The molecule has 0 fully saturated rings. The van der Waals surface area contributed by atoms with Crippen LogP contribution in [0.5, 0.6) is 28.7 Å². The molecule has 0 aliphatic heterocycles. The average Bonchev–Trinajstić information content (AvgIpc) is 3.10. The minimum Gasteiger partial charge on any atom is -0.493 e. The number of pyridine rings is 1. The summed E-state index contributed by atoms with van der Waals surface area (Å²) in [6.45, 7) is -0.186. The normalized spacial score (nSPS) is 10.6. The number of hydrogen-bond donors (Lipinski definition) is 1. The van der Waals surface area contributed by atoms with E-state index in [-0.39, 0.29) is 57.9 Å². The van der Waals surface area contributed by atoms with Gasteiger partial charge in [-0.25, -0.2) is 4.79 Å². The van der Waals surface area contributed by atoms with Gasteiger partial charge >= 0.3 is 5.97 Å². The van der Waals surface area contributed by atoms with Gasteiger partial charge in [-0.05, 0) is 60.2 Å². The maximum atomic E-state index is 14.4. The smallest absolute Gasteiger partial charge is 0.355 e. The topological polar surface area (TPSA) is 164 Å². The summed E-state index contributed by atoms with van der Waals surface area (Å²) in [6, 6.07) is 16.7. The number of anilines is 1. The van der Waals surface area contributed by atoms with E-state index >= 15 is 0 Å². The van der Waals surface area contributed by atoms with Crippen LogP contribution >= 0.6 is 24.0 Å². The maximum absolute atomic E-state index is 14.4. The Kier molecular flexibility index (Phi) is 11.1. The third-order valence-electron chi connectivity index (χ3n) is 7.57. The molecule has 15 heteroatoms. The number of nitrogen functional groups attached to an aromatic ring is 1. The number of hydrogen-bond acceptors (Lipinski definition) is 11. The summed E-state index contributed by atoms with van der Waals surface area (Å²) in [5, 5.41) is 12.0. The molecule has 0 aliphatic rings. The lowest BCUT2D eigenvalue weighted by atomic mass is 9.95. The number of aromatic nitrogens is 1. The van der Waals surface area contributed by atoms with Gasteiger partial charge in [-0.15, -0.1) is 12.4 Å². The van der Waals surface area contributed by atoms with Crippen LogP contribution in [-0.2, 0) is 11.3 Å². The number of rotatable bonds is 11. The molecular weight excluding hydrogens is 681 g/mol. The Morgan fingerprint density at radius 3 is 2.00 bits per heavy atom. The van der Waals surface area contributed by atoms with Crippen molar-refractivity contribution >= 4 is 52.1 Å². The van der Waals surface area contributed by atoms with Crippen molar-refractivity contribution in [1.29, 1.82) is 0 Å². The molecule has 0 bridgehead atoms. The van der Waals surface area contributed by atoms with Crippen molar-refractivity contribution in [2.45, 2.75) is 6.61 Å². The van der Waals surface area contributed by atoms with Crippen molar-refractivity contribution in [2.75, 3.05) is 41.3 Å². The zero-order chi connectivity index (χ0) is 34.7. The van der Waals surface area contributed by atoms with Gasteiger partial charge in [0.05, 0.1) is 45.9 Å². The number of fused-ring (bicyclic) bond motifs is 1. The minimum absolute atomic E-state index is 0. The Hall–Kier alpha value is -5.66. The zero-order valence-electron chi connectivity index (χ0n) is 26.9. The summed E-state index contributed by atoms with van der Waals surface area (Å²) in [5.74, 6) is 0.416. The lowest BCUT2D eigenvalue weighted by Crippen LogP contribution is -2.27. The maximum Gasteiger partial charge on any atom is 0.355 e. The van der Waals surface area contributed by atoms with E-state index in [1.54, 1.807) is 42.5 Å². The molecule has 4 aromatic carbocycles. The molecule has 0 atom stereocenters. The van der Waals surface area contributed by atoms with E-state index in [0.29, 0.717) is 45.1 Å². The van der Waals surface area contributed by atoms with Crippen LogP contribution in [-0.4, -0.2) is 51.0 Å². The van der Waals surface area contributed by atoms with Crippen LogP contribution in [0, 0.1) is 10.1 Å². The monoisotopic (exact) mass is 711 g/mol. The Bertz CT molecular complexity index is 2090. The average molecular weight is 713 g/mol. The zero-order valence-corrected chi connectivity index (χ0v) is 28.5. The van der Waals surface area contributed by atoms with Crippen molar-refractivity contribution in [3.05, 3.63) is 103 Å². The van der Waals surface area contributed by atoms with Gasteiger partial charge in [-0.2, -0.15) is 0 Å². The van der Waals surface area contributed by atoms with Crippen molar-refractivity contribution < 1.29 is 38.1 Å². The highest BCUT2D eigenvalue weighted by molar-refractivity contribution is 6.31. The fourth-order valence-electron chi connectivity index (χ4n) is 5.30. The second-order valence-electron chi connectivity index (χ2n) is 10.2. The van der Waals surface area contributed by atoms with Gasteiger partial charge in [-0.3, -0.25) is 19.5 Å². The standard InChI is InChI=1S/C34H30ClN3O10.ClH/c1-43-26-15-23-24(16-27(26)48-17-19-12-22(38(41)42)10-11-25(19)35)33(39)37(21-8-6-20(36)7-9-21)31(34(40)47-5)30(23)18-13-28(44-2)32(46-4)29(14-18)45-3;/h6-16H,17,36H2,1-5H3;1H. The van der Waals surface area contributed by atoms with E-state index in [2.05, 4.69) is 0 Å². The highest BCUT2D eigenvalue weighted by Crippen LogP contribution is 2.45. The molecule has 1 aromatic heterocycles. The van der Waals surface area contributed by atoms with Gasteiger partial charge in [-0.1, -0.05) is 11.6 Å². The quantitative estimate of drug-likeness (QED) is 0.0677. The van der Waals surface area contributed by atoms with Gasteiger partial charge in [0.1, 0.15) is 12.3 Å². The number of benzene rings is 4. The highest BCUT2D eigenvalue weighted by atomic mass is 35.5. The van der Waals surface area contributed by atoms with Gasteiger partial charge in [0.15, 0.2) is 23.0 Å². The van der Waals surface area contributed by atoms with Gasteiger partial charge < -0.3 is 34.2 Å². The number of halogens is 2. The summed E-state index contributed by atoms with van der Waals surface area (Å²) in [7, 11) is 6.99. The lowest BCUT2D eigenvalue weighted by Gasteiger charge is -2.21. The van der Waals surface area contributed by atoms with Crippen LogP contribution in [0.2, 0.25) is 5.02 Å². The molecule has 13 nitrogen and oxygen atoms in total. The molecule has 5 aromatic rings. The van der Waals surface area contributed by atoms with Gasteiger partial charge in [0.25, 0.3) is 11.2 Å².